The van der Waals surface area contributed by atoms with Gasteiger partial charge in [-0.25, -0.2) is 0 Å². The molecule has 2 aromatic carbocycles. The number of aryl methyl sites for hydroxylation is 1. The van der Waals surface area contributed by atoms with Crippen molar-refractivity contribution in [2.45, 2.75) is 26.0 Å². The van der Waals surface area contributed by atoms with Crippen molar-refractivity contribution >= 4 is 21.6 Å². The van der Waals surface area contributed by atoms with Crippen LogP contribution in [0.4, 0.5) is 0 Å². The van der Waals surface area contributed by atoms with Gasteiger partial charge < -0.3 is 20.0 Å². The maximum Gasteiger partial charge on any atom is 0.189 e. The first-order valence-electron chi connectivity index (χ1n) is 7.77. The normalized spacial score (nSPS) is 19.2. The lowest BCUT2D eigenvalue weighted by Crippen LogP contribution is -2.17. The maximum absolute atomic E-state index is 10.2. The molecule has 0 saturated carbocycles. The number of rotatable bonds is 2. The number of hydrogen-bond donors (Lipinski definition) is 2. The number of halogens is 1. The number of aromatic hydroxyl groups is 1. The summed E-state index contributed by atoms with van der Waals surface area (Å²) in [6, 6.07) is 9.72. The predicted octanol–water partition coefficient (Wildman–Crippen LogP) is 3.77. The molecule has 6 heteroatoms. The lowest BCUT2D eigenvalue weighted by molar-refractivity contribution is -0.0173. The predicted molar refractivity (Wildman–Crippen MR) is 94.3 cm³/mol. The molecule has 0 radical (unpaired) electrons. The van der Waals surface area contributed by atoms with Gasteiger partial charge in [0.1, 0.15) is 11.5 Å². The molecule has 0 aliphatic carbocycles. The van der Waals surface area contributed by atoms with Crippen LogP contribution in [0.2, 0.25) is 0 Å². The van der Waals surface area contributed by atoms with Gasteiger partial charge in [-0.1, -0.05) is 22.0 Å². The summed E-state index contributed by atoms with van der Waals surface area (Å²) in [6.07, 6.45) is 0.684. The summed E-state index contributed by atoms with van der Waals surface area (Å²) in [7, 11) is 0. The van der Waals surface area contributed by atoms with Crippen LogP contribution in [0.5, 0.6) is 11.5 Å². The Morgan fingerprint density at radius 1 is 1.29 bits per heavy atom. The van der Waals surface area contributed by atoms with Gasteiger partial charge in [0.05, 0.1) is 18.4 Å². The fourth-order valence-electron chi connectivity index (χ4n) is 3.14. The van der Waals surface area contributed by atoms with Crippen molar-refractivity contribution in [2.24, 2.45) is 5.10 Å². The van der Waals surface area contributed by atoms with Crippen molar-refractivity contribution in [1.29, 1.82) is 0 Å². The molecule has 5 nitrogen and oxygen atoms in total. The largest absolute Gasteiger partial charge is 0.507 e. The highest BCUT2D eigenvalue weighted by Crippen LogP contribution is 2.38. The van der Waals surface area contributed by atoms with E-state index in [0.29, 0.717) is 13.0 Å². The number of fused-ring (bicyclic) bond motifs is 1. The first kappa shape index (κ1) is 15.5. The number of hydrogen-bond acceptors (Lipinski definition) is 5. The molecule has 2 N–H and O–H groups in total. The van der Waals surface area contributed by atoms with Crippen molar-refractivity contribution in [1.82, 2.24) is 5.43 Å². The minimum Gasteiger partial charge on any atom is -0.507 e. The van der Waals surface area contributed by atoms with Gasteiger partial charge in [0.25, 0.3) is 0 Å². The van der Waals surface area contributed by atoms with Gasteiger partial charge in [0, 0.05) is 27.6 Å². The third-order valence-corrected chi connectivity index (χ3v) is 4.75. The molecule has 2 heterocycles. The molecule has 0 amide bonds. The van der Waals surface area contributed by atoms with Gasteiger partial charge in [0.15, 0.2) is 6.79 Å². The van der Waals surface area contributed by atoms with Crippen molar-refractivity contribution in [3.8, 4) is 11.5 Å². The Kier molecular flexibility index (Phi) is 3.94. The second-order valence-corrected chi connectivity index (χ2v) is 6.97. The number of benzene rings is 2. The topological polar surface area (TPSA) is 63.1 Å². The molecule has 124 valence electrons. The molecule has 1 atom stereocenters. The molecule has 0 aromatic heterocycles. The molecule has 0 bridgehead atoms. The van der Waals surface area contributed by atoms with E-state index in [2.05, 4.69) is 32.5 Å². The van der Waals surface area contributed by atoms with E-state index in [1.807, 2.05) is 25.1 Å². The van der Waals surface area contributed by atoms with Crippen molar-refractivity contribution in [2.75, 3.05) is 6.79 Å². The summed E-state index contributed by atoms with van der Waals surface area (Å²) in [4.78, 5) is 0. The lowest BCUT2D eigenvalue weighted by Gasteiger charge is -2.23. The van der Waals surface area contributed by atoms with Crippen molar-refractivity contribution in [3.05, 3.63) is 57.1 Å². The third-order valence-electron chi connectivity index (χ3n) is 4.30. The average Bonchev–Trinajstić information content (AvgIpc) is 3.03. The Bertz CT molecular complexity index is 835. The van der Waals surface area contributed by atoms with Crippen LogP contribution in [0.25, 0.3) is 0 Å². The SMILES string of the molecule is Cc1ccc(C2=NNC(c3cc(Br)cc4c3OCOC4)C2)c(O)c1. The van der Waals surface area contributed by atoms with Crippen LogP contribution in [0.15, 0.2) is 39.9 Å². The molecule has 2 aliphatic heterocycles. The van der Waals surface area contributed by atoms with Crippen molar-refractivity contribution < 1.29 is 14.6 Å². The van der Waals surface area contributed by atoms with Crippen LogP contribution >= 0.6 is 15.9 Å². The summed E-state index contributed by atoms with van der Waals surface area (Å²) in [5.41, 5.74) is 7.89. The summed E-state index contributed by atoms with van der Waals surface area (Å²) < 4.78 is 12.1. The van der Waals surface area contributed by atoms with E-state index in [1.54, 1.807) is 6.07 Å². The highest BCUT2D eigenvalue weighted by molar-refractivity contribution is 9.10. The van der Waals surface area contributed by atoms with Crippen LogP contribution < -0.4 is 10.2 Å². The molecule has 2 aromatic rings. The van der Waals surface area contributed by atoms with Crippen LogP contribution in [0.1, 0.15) is 34.7 Å². The molecule has 1 unspecified atom stereocenters. The minimum atomic E-state index is 0.00468. The fraction of sp³-hybridized carbons (Fsp3) is 0.278. The second kappa shape index (κ2) is 6.11. The van der Waals surface area contributed by atoms with E-state index >= 15 is 0 Å². The van der Waals surface area contributed by atoms with Gasteiger partial charge in [-0.2, -0.15) is 5.10 Å². The minimum absolute atomic E-state index is 0.00468. The fourth-order valence-corrected chi connectivity index (χ4v) is 3.67. The number of ether oxygens (including phenoxy) is 2. The van der Waals surface area contributed by atoms with E-state index in [0.717, 1.165) is 38.2 Å². The Balaban J connectivity index is 1.64. The highest BCUT2D eigenvalue weighted by atomic mass is 79.9. The van der Waals surface area contributed by atoms with Crippen LogP contribution in [0.3, 0.4) is 0 Å². The number of hydrazone groups is 1. The van der Waals surface area contributed by atoms with Crippen molar-refractivity contribution in [3.63, 3.8) is 0 Å². The molecular weight excluding hydrogens is 372 g/mol. The van der Waals surface area contributed by atoms with Crippen LogP contribution in [-0.2, 0) is 11.3 Å². The Labute approximate surface area is 148 Å². The van der Waals surface area contributed by atoms with E-state index < -0.39 is 0 Å². The van der Waals surface area contributed by atoms with E-state index in [9.17, 15) is 5.11 Å². The summed E-state index contributed by atoms with van der Waals surface area (Å²) in [6.45, 7) is 2.76. The lowest BCUT2D eigenvalue weighted by atomic mass is 9.96. The molecule has 4 rings (SSSR count). The van der Waals surface area contributed by atoms with Gasteiger partial charge in [-0.3, -0.25) is 0 Å². The van der Waals surface area contributed by atoms with Crippen LogP contribution in [0, 0.1) is 6.92 Å². The summed E-state index contributed by atoms with van der Waals surface area (Å²) in [5.74, 6) is 1.13. The number of phenolic OH excluding ortho intramolecular Hbond substituents is 1. The van der Waals surface area contributed by atoms with E-state index in [1.165, 1.54) is 0 Å². The maximum atomic E-state index is 10.2. The average molecular weight is 389 g/mol. The number of phenols is 1. The summed E-state index contributed by atoms with van der Waals surface area (Å²) in [5, 5.41) is 14.6. The quantitative estimate of drug-likeness (QED) is 0.821. The Morgan fingerprint density at radius 3 is 3.00 bits per heavy atom. The zero-order chi connectivity index (χ0) is 16.7. The molecule has 2 aliphatic rings. The number of nitrogens with one attached hydrogen (secondary N) is 1. The first-order valence-corrected chi connectivity index (χ1v) is 8.56. The Hall–Kier alpha value is -2.05. The van der Waals surface area contributed by atoms with Gasteiger partial charge >= 0.3 is 0 Å². The van der Waals surface area contributed by atoms with Crippen LogP contribution in [-0.4, -0.2) is 17.6 Å². The molecule has 0 saturated heterocycles. The second-order valence-electron chi connectivity index (χ2n) is 6.06. The smallest absolute Gasteiger partial charge is 0.189 e. The van der Waals surface area contributed by atoms with E-state index in [4.69, 9.17) is 9.47 Å². The molecule has 0 fully saturated rings. The number of nitrogens with zero attached hydrogens (tertiary/aromatic N) is 1. The Morgan fingerprint density at radius 2 is 2.17 bits per heavy atom. The zero-order valence-corrected chi connectivity index (χ0v) is 14.8. The van der Waals surface area contributed by atoms with Gasteiger partial charge in [-0.15, -0.1) is 0 Å². The highest BCUT2D eigenvalue weighted by Gasteiger charge is 2.28. The monoisotopic (exact) mass is 388 g/mol. The first-order chi connectivity index (χ1) is 11.6. The third kappa shape index (κ3) is 2.76. The van der Waals surface area contributed by atoms with Gasteiger partial charge in [-0.05, 0) is 36.8 Å². The molecule has 0 spiro atoms. The summed E-state index contributed by atoms with van der Waals surface area (Å²) >= 11 is 3.55. The van der Waals surface area contributed by atoms with Gasteiger partial charge in [0.2, 0.25) is 0 Å². The zero-order valence-electron chi connectivity index (χ0n) is 13.2. The molecular formula is C18H17BrN2O3. The van der Waals surface area contributed by atoms with E-state index in [-0.39, 0.29) is 18.6 Å². The molecule has 24 heavy (non-hydrogen) atoms. The standard InChI is InChI=1S/C18H17BrN2O3/c1-10-2-3-13(17(22)4-10)15-7-16(21-20-15)14-6-12(19)5-11-8-23-9-24-18(11)14/h2-6,16,21-22H,7-9H2,1H3.